The first-order valence-corrected chi connectivity index (χ1v) is 7.66. The lowest BCUT2D eigenvalue weighted by Gasteiger charge is -2.22. The zero-order valence-corrected chi connectivity index (χ0v) is 12.8. The molecule has 0 radical (unpaired) electrons. The van der Waals surface area contributed by atoms with Crippen molar-refractivity contribution in [2.75, 3.05) is 27.2 Å². The van der Waals surface area contributed by atoms with Crippen molar-refractivity contribution in [3.8, 4) is 0 Å². The van der Waals surface area contributed by atoms with Crippen molar-refractivity contribution in [1.29, 1.82) is 0 Å². The van der Waals surface area contributed by atoms with E-state index in [1.54, 1.807) is 6.26 Å². The van der Waals surface area contributed by atoms with Crippen LogP contribution >= 0.6 is 0 Å². The molecule has 1 rings (SSSR count). The summed E-state index contributed by atoms with van der Waals surface area (Å²) in [4.78, 5) is 2.20. The van der Waals surface area contributed by atoms with Gasteiger partial charge in [-0.1, -0.05) is 39.0 Å². The van der Waals surface area contributed by atoms with Crippen molar-refractivity contribution in [2.24, 2.45) is 0 Å². The zero-order chi connectivity index (χ0) is 13.9. The van der Waals surface area contributed by atoms with Crippen LogP contribution in [0.3, 0.4) is 0 Å². The number of hydrogen-bond acceptors (Lipinski definition) is 3. The molecule has 1 aromatic heterocycles. The Hall–Kier alpha value is -0.800. The van der Waals surface area contributed by atoms with E-state index < -0.39 is 0 Å². The molecule has 0 amide bonds. The quantitative estimate of drug-likeness (QED) is 0.617. The van der Waals surface area contributed by atoms with Gasteiger partial charge < -0.3 is 9.73 Å². The summed E-state index contributed by atoms with van der Waals surface area (Å²) >= 11 is 0. The Morgan fingerprint density at radius 3 is 2.53 bits per heavy atom. The molecule has 0 fully saturated rings. The summed E-state index contributed by atoms with van der Waals surface area (Å²) in [5.74, 6) is 1.04. The van der Waals surface area contributed by atoms with E-state index in [9.17, 15) is 0 Å². The van der Waals surface area contributed by atoms with Gasteiger partial charge in [0.05, 0.1) is 12.3 Å². The molecule has 1 unspecified atom stereocenters. The van der Waals surface area contributed by atoms with Gasteiger partial charge in [-0.2, -0.15) is 0 Å². The molecule has 1 aromatic rings. The van der Waals surface area contributed by atoms with Crippen LogP contribution in [0.15, 0.2) is 22.8 Å². The van der Waals surface area contributed by atoms with Crippen molar-refractivity contribution in [2.45, 2.75) is 51.5 Å². The van der Waals surface area contributed by atoms with Crippen molar-refractivity contribution >= 4 is 0 Å². The molecule has 0 saturated carbocycles. The first-order valence-electron chi connectivity index (χ1n) is 7.66. The maximum Gasteiger partial charge on any atom is 0.122 e. The molecule has 3 heteroatoms. The van der Waals surface area contributed by atoms with E-state index in [1.807, 2.05) is 6.07 Å². The van der Waals surface area contributed by atoms with Gasteiger partial charge in [0.1, 0.15) is 5.76 Å². The van der Waals surface area contributed by atoms with Crippen LogP contribution in [0.2, 0.25) is 0 Å². The highest BCUT2D eigenvalue weighted by molar-refractivity contribution is 5.04. The van der Waals surface area contributed by atoms with Gasteiger partial charge in [-0.3, -0.25) is 4.90 Å². The van der Waals surface area contributed by atoms with Crippen LogP contribution in [0.1, 0.15) is 57.3 Å². The van der Waals surface area contributed by atoms with Crippen molar-refractivity contribution in [1.82, 2.24) is 10.2 Å². The predicted octanol–water partition coefficient (Wildman–Crippen LogP) is 3.83. The lowest BCUT2D eigenvalue weighted by atomic mass is 10.1. The minimum atomic E-state index is 0.329. The Bertz CT molecular complexity index is 296. The van der Waals surface area contributed by atoms with E-state index in [4.69, 9.17) is 4.42 Å². The van der Waals surface area contributed by atoms with Crippen LogP contribution in [-0.4, -0.2) is 32.1 Å². The molecular formula is C16H30N2O. The summed E-state index contributed by atoms with van der Waals surface area (Å²) in [6, 6.07) is 4.34. The lowest BCUT2D eigenvalue weighted by Crippen LogP contribution is -2.31. The number of likely N-dealkylation sites (N-methyl/N-ethyl adjacent to an activating group) is 1. The lowest BCUT2D eigenvalue weighted by molar-refractivity contribution is 0.250. The van der Waals surface area contributed by atoms with E-state index in [-0.39, 0.29) is 0 Å². The second-order valence-corrected chi connectivity index (χ2v) is 5.47. The van der Waals surface area contributed by atoms with Gasteiger partial charge in [0.2, 0.25) is 0 Å². The Kier molecular flexibility index (Phi) is 8.59. The minimum absolute atomic E-state index is 0.329. The van der Waals surface area contributed by atoms with Crippen molar-refractivity contribution < 1.29 is 4.42 Å². The van der Waals surface area contributed by atoms with Gasteiger partial charge in [0, 0.05) is 6.54 Å². The van der Waals surface area contributed by atoms with Crippen LogP contribution < -0.4 is 5.32 Å². The molecule has 1 N–H and O–H groups in total. The molecule has 0 bridgehead atoms. The van der Waals surface area contributed by atoms with E-state index >= 15 is 0 Å². The van der Waals surface area contributed by atoms with Crippen molar-refractivity contribution in [3.05, 3.63) is 24.2 Å². The molecule has 0 aromatic carbocycles. The van der Waals surface area contributed by atoms with Crippen LogP contribution in [0.4, 0.5) is 0 Å². The maximum absolute atomic E-state index is 5.50. The molecular weight excluding hydrogens is 236 g/mol. The second-order valence-electron chi connectivity index (χ2n) is 5.47. The van der Waals surface area contributed by atoms with E-state index in [2.05, 4.69) is 37.3 Å². The van der Waals surface area contributed by atoms with Gasteiger partial charge >= 0.3 is 0 Å². The third-order valence-electron chi connectivity index (χ3n) is 3.54. The average molecular weight is 266 g/mol. The normalized spacial score (nSPS) is 13.1. The zero-order valence-electron chi connectivity index (χ0n) is 12.8. The Morgan fingerprint density at radius 1 is 1.16 bits per heavy atom. The standard InChI is InChI=1S/C16H30N2O/c1-4-5-6-7-8-9-12-17-14-15(18(2)3)16-11-10-13-19-16/h10-11,13,15,17H,4-9,12,14H2,1-3H3. The van der Waals surface area contributed by atoms with Gasteiger partial charge in [-0.25, -0.2) is 0 Å². The molecule has 0 aliphatic rings. The molecule has 0 aliphatic heterocycles. The summed E-state index contributed by atoms with van der Waals surface area (Å²) in [6.07, 6.45) is 9.86. The molecule has 1 heterocycles. The van der Waals surface area contributed by atoms with Crippen LogP contribution in [-0.2, 0) is 0 Å². The van der Waals surface area contributed by atoms with Gasteiger partial charge in [0.15, 0.2) is 0 Å². The van der Waals surface area contributed by atoms with E-state index in [0.717, 1.165) is 18.8 Å². The fourth-order valence-electron chi connectivity index (χ4n) is 2.29. The monoisotopic (exact) mass is 266 g/mol. The topological polar surface area (TPSA) is 28.4 Å². The highest BCUT2D eigenvalue weighted by Crippen LogP contribution is 2.17. The highest BCUT2D eigenvalue weighted by Gasteiger charge is 2.15. The molecule has 1 atom stereocenters. The number of furan rings is 1. The summed E-state index contributed by atoms with van der Waals surface area (Å²) in [5.41, 5.74) is 0. The third-order valence-corrected chi connectivity index (χ3v) is 3.54. The number of hydrogen-bond donors (Lipinski definition) is 1. The van der Waals surface area contributed by atoms with Crippen LogP contribution in [0.5, 0.6) is 0 Å². The largest absolute Gasteiger partial charge is 0.468 e. The van der Waals surface area contributed by atoms with Gasteiger partial charge in [-0.15, -0.1) is 0 Å². The first-order chi connectivity index (χ1) is 9.25. The van der Waals surface area contributed by atoms with Crippen molar-refractivity contribution in [3.63, 3.8) is 0 Å². The molecule has 0 spiro atoms. The van der Waals surface area contributed by atoms with Gasteiger partial charge in [-0.05, 0) is 39.2 Å². The molecule has 0 saturated heterocycles. The SMILES string of the molecule is CCCCCCCCNCC(c1ccco1)N(C)C. The predicted molar refractivity (Wildman–Crippen MR) is 81.4 cm³/mol. The summed E-state index contributed by atoms with van der Waals surface area (Å²) in [7, 11) is 4.19. The summed E-state index contributed by atoms with van der Waals surface area (Å²) < 4.78 is 5.50. The average Bonchev–Trinajstić information content (AvgIpc) is 2.90. The molecule has 110 valence electrons. The smallest absolute Gasteiger partial charge is 0.122 e. The number of nitrogens with one attached hydrogen (secondary N) is 1. The molecule has 0 aliphatic carbocycles. The number of rotatable bonds is 11. The van der Waals surface area contributed by atoms with E-state index in [1.165, 1.54) is 38.5 Å². The molecule has 19 heavy (non-hydrogen) atoms. The minimum Gasteiger partial charge on any atom is -0.468 e. The Labute approximate surface area is 118 Å². The summed E-state index contributed by atoms with van der Waals surface area (Å²) in [5, 5.41) is 3.54. The Morgan fingerprint density at radius 2 is 1.89 bits per heavy atom. The van der Waals surface area contributed by atoms with E-state index in [0.29, 0.717) is 6.04 Å². The number of unbranched alkanes of at least 4 members (excludes halogenated alkanes) is 5. The maximum atomic E-state index is 5.50. The second kappa shape index (κ2) is 10.0. The van der Waals surface area contributed by atoms with Gasteiger partial charge in [0.25, 0.3) is 0 Å². The van der Waals surface area contributed by atoms with Crippen LogP contribution in [0.25, 0.3) is 0 Å². The molecule has 3 nitrogen and oxygen atoms in total. The third kappa shape index (κ3) is 6.79. The number of nitrogens with zero attached hydrogens (tertiary/aromatic N) is 1. The fraction of sp³-hybridized carbons (Fsp3) is 0.750. The highest BCUT2D eigenvalue weighted by atomic mass is 16.3. The summed E-state index contributed by atoms with van der Waals surface area (Å²) in [6.45, 7) is 4.32. The first kappa shape index (κ1) is 16.3. The van der Waals surface area contributed by atoms with Crippen LogP contribution in [0, 0.1) is 0 Å². The Balaban J connectivity index is 2.09. The fourth-order valence-corrected chi connectivity index (χ4v) is 2.29.